The van der Waals surface area contributed by atoms with Crippen LogP contribution in [0.3, 0.4) is 0 Å². The number of anilines is 2. The van der Waals surface area contributed by atoms with Gasteiger partial charge >= 0.3 is 12.1 Å². The quantitative estimate of drug-likeness (QED) is 0.207. The van der Waals surface area contributed by atoms with Crippen LogP contribution in [-0.4, -0.2) is 12.1 Å². The maximum absolute atomic E-state index is 13.0. The van der Waals surface area contributed by atoms with Crippen molar-refractivity contribution < 1.29 is 19.1 Å². The second-order valence-electron chi connectivity index (χ2n) is 9.63. The SMILES string of the molecule is CC/C=C1/Nc2ccc(C(c3ccc4c(c3)/C(=C/CC)OC(=O)N4)c3ccc4ccccc4c3)cc2C(=O)O1. The molecule has 6 nitrogen and oxygen atoms in total. The van der Waals surface area contributed by atoms with Crippen LogP contribution < -0.4 is 10.6 Å². The molecule has 2 aliphatic rings. The molecule has 4 aromatic carbocycles. The minimum atomic E-state index is -0.488. The van der Waals surface area contributed by atoms with E-state index in [0.717, 1.165) is 51.6 Å². The van der Waals surface area contributed by atoms with Crippen LogP contribution >= 0.6 is 0 Å². The Kier molecular flexibility index (Phi) is 6.37. The van der Waals surface area contributed by atoms with E-state index in [1.807, 2.05) is 68.5 Å². The van der Waals surface area contributed by atoms with Gasteiger partial charge < -0.3 is 14.8 Å². The number of cyclic esters (lactones) is 2. The first-order valence-electron chi connectivity index (χ1n) is 13.2. The number of esters is 1. The molecule has 0 aromatic heterocycles. The van der Waals surface area contributed by atoms with Crippen LogP contribution in [0.15, 0.2) is 96.9 Å². The number of fused-ring (bicyclic) bond motifs is 3. The van der Waals surface area contributed by atoms with Crippen molar-refractivity contribution in [2.75, 3.05) is 10.6 Å². The van der Waals surface area contributed by atoms with Crippen LogP contribution in [0, 0.1) is 0 Å². The number of hydrogen-bond acceptors (Lipinski definition) is 5. The summed E-state index contributed by atoms with van der Waals surface area (Å²) in [6.07, 6.45) is 4.76. The zero-order chi connectivity index (χ0) is 26.9. The minimum absolute atomic E-state index is 0.189. The molecule has 6 heteroatoms. The monoisotopic (exact) mass is 516 g/mol. The summed E-state index contributed by atoms with van der Waals surface area (Å²) in [5, 5.41) is 8.31. The number of hydrogen-bond donors (Lipinski definition) is 2. The maximum atomic E-state index is 13.0. The molecule has 2 heterocycles. The normalized spacial score (nSPS) is 17.1. The van der Waals surface area contributed by atoms with Gasteiger partial charge in [-0.1, -0.05) is 68.4 Å². The number of nitrogens with one attached hydrogen (secondary N) is 2. The van der Waals surface area contributed by atoms with Crippen molar-refractivity contribution in [3.8, 4) is 0 Å². The predicted octanol–water partition coefficient (Wildman–Crippen LogP) is 8.17. The Labute approximate surface area is 227 Å². The van der Waals surface area contributed by atoms with E-state index >= 15 is 0 Å². The Hall–Kier alpha value is -4.84. The van der Waals surface area contributed by atoms with Crippen LogP contribution in [0.4, 0.5) is 16.2 Å². The third-order valence-corrected chi connectivity index (χ3v) is 7.03. The Morgan fingerprint density at radius 2 is 1.33 bits per heavy atom. The van der Waals surface area contributed by atoms with Crippen molar-refractivity contribution in [3.63, 3.8) is 0 Å². The van der Waals surface area contributed by atoms with Gasteiger partial charge in [-0.3, -0.25) is 5.32 Å². The molecule has 2 aliphatic heterocycles. The first-order chi connectivity index (χ1) is 19.0. The average molecular weight is 517 g/mol. The van der Waals surface area contributed by atoms with Gasteiger partial charge in [-0.25, -0.2) is 9.59 Å². The van der Waals surface area contributed by atoms with Gasteiger partial charge in [0.15, 0.2) is 5.88 Å². The van der Waals surface area contributed by atoms with E-state index in [2.05, 4.69) is 47.0 Å². The molecule has 1 amide bonds. The lowest BCUT2D eigenvalue weighted by Crippen LogP contribution is -2.21. The highest BCUT2D eigenvalue weighted by atomic mass is 16.6. The molecule has 0 saturated heterocycles. The minimum Gasteiger partial charge on any atom is -0.410 e. The summed E-state index contributed by atoms with van der Waals surface area (Å²) in [4.78, 5) is 25.1. The van der Waals surface area contributed by atoms with Crippen molar-refractivity contribution in [1.29, 1.82) is 0 Å². The lowest BCUT2D eigenvalue weighted by atomic mass is 9.82. The number of carbonyl (C=O) groups excluding carboxylic acids is 2. The summed E-state index contributed by atoms with van der Waals surface area (Å²) in [6, 6.07) is 26.6. The maximum Gasteiger partial charge on any atom is 0.417 e. The highest BCUT2D eigenvalue weighted by molar-refractivity contribution is 5.99. The Bertz CT molecular complexity index is 1680. The molecule has 0 fully saturated rings. The van der Waals surface area contributed by atoms with E-state index in [4.69, 9.17) is 9.47 Å². The van der Waals surface area contributed by atoms with Crippen LogP contribution in [0.1, 0.15) is 65.2 Å². The fourth-order valence-corrected chi connectivity index (χ4v) is 5.26. The molecule has 0 spiro atoms. The van der Waals surface area contributed by atoms with Crippen molar-refractivity contribution in [2.45, 2.75) is 32.6 Å². The van der Waals surface area contributed by atoms with Gasteiger partial charge in [0, 0.05) is 11.5 Å². The summed E-state index contributed by atoms with van der Waals surface area (Å²) < 4.78 is 11.0. The van der Waals surface area contributed by atoms with Crippen molar-refractivity contribution in [1.82, 2.24) is 0 Å². The first kappa shape index (κ1) is 24.5. The molecule has 0 bridgehead atoms. The van der Waals surface area contributed by atoms with E-state index < -0.39 is 6.09 Å². The van der Waals surface area contributed by atoms with Gasteiger partial charge in [0.2, 0.25) is 0 Å². The van der Waals surface area contributed by atoms with Crippen LogP contribution in [-0.2, 0) is 9.47 Å². The number of carbonyl (C=O) groups is 2. The standard InChI is InChI=1S/C33H28N2O4/c1-3-7-29-25-18-23(13-15-27(25)35-33(37)38-29)31(22-12-11-20-9-5-6-10-21(20)17-22)24-14-16-28-26(19-24)32(36)39-30(34-28)8-4-2/h5-19,31,34H,3-4H2,1-2H3,(H,35,37)/b29-7-,30-8-. The van der Waals surface area contributed by atoms with Crippen LogP contribution in [0.5, 0.6) is 0 Å². The van der Waals surface area contributed by atoms with E-state index in [9.17, 15) is 9.59 Å². The number of rotatable bonds is 5. The molecule has 1 unspecified atom stereocenters. The Morgan fingerprint density at radius 1 is 0.692 bits per heavy atom. The third-order valence-electron chi connectivity index (χ3n) is 7.03. The molecule has 6 rings (SSSR count). The molecule has 2 N–H and O–H groups in total. The van der Waals surface area contributed by atoms with Gasteiger partial charge in [0.1, 0.15) is 5.76 Å². The van der Waals surface area contributed by atoms with Gasteiger partial charge in [0.25, 0.3) is 0 Å². The average Bonchev–Trinajstić information content (AvgIpc) is 2.94. The van der Waals surface area contributed by atoms with E-state index in [0.29, 0.717) is 22.9 Å². The first-order valence-corrected chi connectivity index (χ1v) is 13.2. The van der Waals surface area contributed by atoms with Gasteiger partial charge in [-0.05, 0) is 76.7 Å². The molecular formula is C33H28N2O4. The van der Waals surface area contributed by atoms with Crippen molar-refractivity contribution in [3.05, 3.63) is 125 Å². The fourth-order valence-electron chi connectivity index (χ4n) is 5.26. The summed E-state index contributed by atoms with van der Waals surface area (Å²) >= 11 is 0. The molecule has 0 aliphatic carbocycles. The summed E-state index contributed by atoms with van der Waals surface area (Å²) in [5.74, 6) is 0.438. The van der Waals surface area contributed by atoms with Gasteiger partial charge in [0.05, 0.1) is 16.9 Å². The Balaban J connectivity index is 1.52. The van der Waals surface area contributed by atoms with Crippen LogP contribution in [0.25, 0.3) is 16.5 Å². The second-order valence-corrected chi connectivity index (χ2v) is 9.63. The zero-order valence-electron chi connectivity index (χ0n) is 21.8. The van der Waals surface area contributed by atoms with Gasteiger partial charge in [-0.15, -0.1) is 0 Å². The molecule has 39 heavy (non-hydrogen) atoms. The van der Waals surface area contributed by atoms with E-state index in [1.54, 1.807) is 0 Å². The molecule has 1 atom stereocenters. The second kappa shape index (κ2) is 10.1. The number of ether oxygens (including phenoxy) is 2. The molecule has 0 radical (unpaired) electrons. The highest BCUT2D eigenvalue weighted by Crippen LogP contribution is 2.40. The number of benzene rings is 4. The lowest BCUT2D eigenvalue weighted by molar-refractivity contribution is 0.0618. The number of amides is 1. The van der Waals surface area contributed by atoms with Crippen molar-refractivity contribution >= 4 is 40.0 Å². The third kappa shape index (κ3) is 4.66. The zero-order valence-corrected chi connectivity index (χ0v) is 21.8. The van der Waals surface area contributed by atoms with Crippen molar-refractivity contribution in [2.24, 2.45) is 0 Å². The largest absolute Gasteiger partial charge is 0.417 e. The lowest BCUT2D eigenvalue weighted by Gasteiger charge is -2.26. The molecular weight excluding hydrogens is 488 g/mol. The van der Waals surface area contributed by atoms with Gasteiger partial charge in [-0.2, -0.15) is 0 Å². The smallest absolute Gasteiger partial charge is 0.410 e. The highest BCUT2D eigenvalue weighted by Gasteiger charge is 2.27. The molecule has 194 valence electrons. The number of allylic oxidation sites excluding steroid dienone is 2. The predicted molar refractivity (Wildman–Crippen MR) is 154 cm³/mol. The van der Waals surface area contributed by atoms with E-state index in [-0.39, 0.29) is 11.9 Å². The summed E-state index contributed by atoms with van der Waals surface area (Å²) in [6.45, 7) is 4.00. The molecule has 4 aromatic rings. The fraction of sp³-hybridized carbons (Fsp3) is 0.152. The summed E-state index contributed by atoms with van der Waals surface area (Å²) in [5.41, 5.74) is 5.79. The Morgan fingerprint density at radius 3 is 2.08 bits per heavy atom. The van der Waals surface area contributed by atoms with E-state index in [1.165, 1.54) is 0 Å². The molecule has 0 saturated carbocycles. The topological polar surface area (TPSA) is 76.7 Å². The summed E-state index contributed by atoms with van der Waals surface area (Å²) in [7, 11) is 0. The van der Waals surface area contributed by atoms with Crippen LogP contribution in [0.2, 0.25) is 0 Å².